The van der Waals surface area contributed by atoms with Crippen LogP contribution >= 0.6 is 0 Å². The molecule has 2 aromatic rings. The van der Waals surface area contributed by atoms with Crippen LogP contribution in [-0.4, -0.2) is 58.0 Å². The summed E-state index contributed by atoms with van der Waals surface area (Å²) in [7, 11) is 3.17. The van der Waals surface area contributed by atoms with Crippen LogP contribution in [-0.2, 0) is 27.4 Å². The molecule has 2 heterocycles. The van der Waals surface area contributed by atoms with Gasteiger partial charge in [-0.3, -0.25) is 29.5 Å². The number of allylic oxidation sites excluding steroid dienone is 2. The third kappa shape index (κ3) is 21.3. The van der Waals surface area contributed by atoms with Crippen molar-refractivity contribution in [2.75, 3.05) is 19.4 Å². The van der Waals surface area contributed by atoms with Gasteiger partial charge in [0.15, 0.2) is 0 Å². The third-order valence-corrected chi connectivity index (χ3v) is 6.28. The molecule has 0 unspecified atom stereocenters. The number of amides is 2. The van der Waals surface area contributed by atoms with Crippen molar-refractivity contribution < 1.29 is 14.3 Å². The standard InChI is InChI=1S/C21H30N4O2.C13H17N3O.3C2H6/c1-8-19-10-11-21(22-13-19)14-27-15(3)12-20(9-2)23-16(4)17(5)24-25(7)18(6)26;1-5-11(14-4)13(17)16-10-6-7-12(9(2)3)15-8-10;3*1-2/h10-13H,3,8-9,14H2,1-2,4-7H3;5-9H,1H2,2-4H3,(H,16,17);3*1-2H3/b20-12+,23-16+,24-17+;;;;. The van der Waals surface area contributed by atoms with E-state index in [1.165, 1.54) is 23.6 Å². The topological polar surface area (TPSA) is 122 Å². The predicted octanol–water partition coefficient (Wildman–Crippen LogP) is 9.76. The van der Waals surface area contributed by atoms with Crippen molar-refractivity contribution >= 4 is 34.6 Å². The summed E-state index contributed by atoms with van der Waals surface area (Å²) in [5.41, 5.74) is 6.25. The fourth-order valence-corrected chi connectivity index (χ4v) is 3.32. The molecule has 2 rings (SSSR count). The van der Waals surface area contributed by atoms with Gasteiger partial charge >= 0.3 is 0 Å². The molecule has 1 N–H and O–H groups in total. The third-order valence-electron chi connectivity index (χ3n) is 6.28. The van der Waals surface area contributed by atoms with Crippen LogP contribution in [0, 0.1) is 0 Å². The molecule has 2 aromatic heterocycles. The molecular weight excluding hydrogens is 626 g/mol. The van der Waals surface area contributed by atoms with E-state index in [-0.39, 0.29) is 11.8 Å². The molecule has 278 valence electrons. The predicted molar refractivity (Wildman–Crippen MR) is 215 cm³/mol. The Kier molecular flexibility index (Phi) is 30.1. The number of ether oxygens (including phenoxy) is 1. The minimum Gasteiger partial charge on any atom is -0.488 e. The molecule has 0 aliphatic carbocycles. The summed E-state index contributed by atoms with van der Waals surface area (Å²) in [6.07, 6.45) is 8.42. The first-order valence-corrected chi connectivity index (χ1v) is 17.5. The number of rotatable bonds is 13. The highest BCUT2D eigenvalue weighted by molar-refractivity contribution is 6.47. The van der Waals surface area contributed by atoms with Crippen molar-refractivity contribution in [3.63, 3.8) is 0 Å². The molecule has 0 aliphatic rings. The summed E-state index contributed by atoms with van der Waals surface area (Å²) in [4.78, 5) is 40.0. The van der Waals surface area contributed by atoms with Gasteiger partial charge in [-0.15, -0.1) is 0 Å². The van der Waals surface area contributed by atoms with Gasteiger partial charge in [0.2, 0.25) is 5.91 Å². The lowest BCUT2D eigenvalue weighted by molar-refractivity contribution is -0.127. The van der Waals surface area contributed by atoms with Crippen LogP contribution in [0.2, 0.25) is 0 Å². The maximum atomic E-state index is 11.7. The number of aryl methyl sites for hydroxylation is 1. The first-order chi connectivity index (χ1) is 23.8. The Balaban J connectivity index is -0.000000823. The number of carbonyl (C=O) groups excluding carboxylic acids is 2. The summed E-state index contributed by atoms with van der Waals surface area (Å²) in [5.74, 6) is 0.498. The van der Waals surface area contributed by atoms with Gasteiger partial charge in [0.1, 0.15) is 18.1 Å². The molecule has 10 nitrogen and oxygen atoms in total. The van der Waals surface area contributed by atoms with Crippen LogP contribution in [0.1, 0.15) is 119 Å². The Morgan fingerprint density at radius 2 is 1.58 bits per heavy atom. The molecule has 0 saturated heterocycles. The van der Waals surface area contributed by atoms with E-state index in [2.05, 4.69) is 70.4 Å². The van der Waals surface area contributed by atoms with E-state index in [1.807, 2.05) is 92.8 Å². The van der Waals surface area contributed by atoms with Crippen LogP contribution in [0.5, 0.6) is 0 Å². The van der Waals surface area contributed by atoms with Gasteiger partial charge in [-0.25, -0.2) is 5.01 Å². The quantitative estimate of drug-likeness (QED) is 0.0970. The van der Waals surface area contributed by atoms with E-state index in [4.69, 9.17) is 4.74 Å². The zero-order chi connectivity index (χ0) is 39.2. The molecule has 0 saturated carbocycles. The first kappa shape index (κ1) is 49.7. The number of aromatic nitrogens is 2. The molecule has 0 radical (unpaired) electrons. The van der Waals surface area contributed by atoms with Gasteiger partial charge in [-0.05, 0) is 62.4 Å². The maximum absolute atomic E-state index is 11.7. The summed E-state index contributed by atoms with van der Waals surface area (Å²) in [6.45, 7) is 33.2. The van der Waals surface area contributed by atoms with E-state index in [0.717, 1.165) is 35.6 Å². The summed E-state index contributed by atoms with van der Waals surface area (Å²) >= 11 is 0. The highest BCUT2D eigenvalue weighted by atomic mass is 16.5. The van der Waals surface area contributed by atoms with Gasteiger partial charge in [0.25, 0.3) is 5.91 Å². The molecule has 0 fully saturated rings. The van der Waals surface area contributed by atoms with Crippen LogP contribution in [0.4, 0.5) is 5.69 Å². The average Bonchev–Trinajstić information content (AvgIpc) is 3.14. The molecule has 50 heavy (non-hydrogen) atoms. The molecule has 0 bridgehead atoms. The van der Waals surface area contributed by atoms with Crippen molar-refractivity contribution in [1.29, 1.82) is 0 Å². The Bertz CT molecular complexity index is 1390. The lowest BCUT2D eigenvalue weighted by atomic mass is 10.1. The van der Waals surface area contributed by atoms with Gasteiger partial charge in [0.05, 0.1) is 29.0 Å². The minimum absolute atomic E-state index is 0.129. The Labute approximate surface area is 303 Å². The number of pyridine rings is 2. The first-order valence-electron chi connectivity index (χ1n) is 17.5. The summed E-state index contributed by atoms with van der Waals surface area (Å²) in [6, 6.07) is 7.74. The van der Waals surface area contributed by atoms with Gasteiger partial charge < -0.3 is 10.1 Å². The normalized spacial score (nSPS) is 11.1. The van der Waals surface area contributed by atoms with E-state index in [0.29, 0.717) is 35.4 Å². The van der Waals surface area contributed by atoms with Gasteiger partial charge in [0, 0.05) is 44.7 Å². The number of carbonyl (C=O) groups is 2. The molecular formula is C40H65N7O3. The highest BCUT2D eigenvalue weighted by Crippen LogP contribution is 2.14. The Hall–Kier alpha value is -4.73. The van der Waals surface area contributed by atoms with Crippen molar-refractivity contribution in [1.82, 2.24) is 15.0 Å². The second-order valence-corrected chi connectivity index (χ2v) is 10.1. The second-order valence-electron chi connectivity index (χ2n) is 10.1. The van der Waals surface area contributed by atoms with E-state index in [9.17, 15) is 9.59 Å². The average molecular weight is 692 g/mol. The maximum Gasteiger partial charge on any atom is 0.273 e. The monoisotopic (exact) mass is 692 g/mol. The van der Waals surface area contributed by atoms with Crippen LogP contribution in [0.25, 0.3) is 0 Å². The van der Waals surface area contributed by atoms with Crippen molar-refractivity contribution in [2.45, 2.75) is 115 Å². The van der Waals surface area contributed by atoms with Gasteiger partial charge in [-0.2, -0.15) is 5.10 Å². The van der Waals surface area contributed by atoms with Crippen LogP contribution < -0.4 is 5.32 Å². The van der Waals surface area contributed by atoms with Crippen molar-refractivity contribution in [2.24, 2.45) is 15.1 Å². The zero-order valence-electron chi connectivity index (χ0n) is 33.6. The van der Waals surface area contributed by atoms with Crippen molar-refractivity contribution in [3.05, 3.63) is 90.4 Å². The number of nitrogens with one attached hydrogen (secondary N) is 1. The second kappa shape index (κ2) is 30.3. The fourth-order valence-electron chi connectivity index (χ4n) is 3.32. The number of anilines is 1. The molecule has 0 atom stereocenters. The van der Waals surface area contributed by atoms with Crippen molar-refractivity contribution in [3.8, 4) is 0 Å². The number of nitrogens with zero attached hydrogens (tertiary/aromatic N) is 6. The van der Waals surface area contributed by atoms with Gasteiger partial charge in [-0.1, -0.05) is 88.5 Å². The number of hydrogen-bond acceptors (Lipinski definition) is 8. The Morgan fingerprint density at radius 3 is 2.00 bits per heavy atom. The number of hydrazone groups is 1. The fraction of sp³-hybridized carbons (Fsp3) is 0.475. The molecule has 0 aliphatic heterocycles. The van der Waals surface area contributed by atoms with Crippen LogP contribution in [0.3, 0.4) is 0 Å². The summed E-state index contributed by atoms with van der Waals surface area (Å²) in [5, 5.41) is 8.21. The molecule has 0 spiro atoms. The molecule has 2 amide bonds. The van der Waals surface area contributed by atoms with E-state index >= 15 is 0 Å². The Morgan fingerprint density at radius 1 is 0.960 bits per heavy atom. The lowest BCUT2D eigenvalue weighted by Gasteiger charge is -2.10. The van der Waals surface area contributed by atoms with Crippen LogP contribution in [0.15, 0.2) is 88.5 Å². The largest absolute Gasteiger partial charge is 0.488 e. The summed E-state index contributed by atoms with van der Waals surface area (Å²) < 4.78 is 5.69. The number of aliphatic imine (C=N–C) groups is 2. The minimum atomic E-state index is -0.276. The SMILES string of the molecule is C=C(/C=C(CC)/N=C(C)/C(C)=N/N(C)C(C)=O)OCc1ccc(CC)cn1.C=CC(=NC)C(=O)Nc1ccc(C(C)C)nc1.CC.CC.CC. The molecule has 0 aromatic carbocycles. The smallest absolute Gasteiger partial charge is 0.273 e. The lowest BCUT2D eigenvalue weighted by Crippen LogP contribution is -2.21. The van der Waals surface area contributed by atoms with E-state index in [1.54, 1.807) is 20.3 Å². The highest BCUT2D eigenvalue weighted by Gasteiger charge is 2.08. The van der Waals surface area contributed by atoms with E-state index < -0.39 is 0 Å². The molecule has 10 heteroatoms. The number of hydrogen-bond donors (Lipinski definition) is 1. The zero-order valence-corrected chi connectivity index (χ0v) is 33.6.